The van der Waals surface area contributed by atoms with Gasteiger partial charge < -0.3 is 5.32 Å². The van der Waals surface area contributed by atoms with Crippen LogP contribution in [0.1, 0.15) is 5.01 Å². The van der Waals surface area contributed by atoms with Crippen LogP contribution < -0.4 is 5.32 Å². The summed E-state index contributed by atoms with van der Waals surface area (Å²) in [4.78, 5) is 6.45. The minimum atomic E-state index is 0.719. The molecule has 0 spiro atoms. The molecule has 10 heteroatoms. The Morgan fingerprint density at radius 1 is 1.14 bits per heavy atom. The predicted octanol–water partition coefficient (Wildman–Crippen LogP) is 3.01. The lowest BCUT2D eigenvalue weighted by Gasteiger charge is -2.04. The van der Waals surface area contributed by atoms with Crippen LogP contribution in [0.2, 0.25) is 0 Å². The maximum Gasteiger partial charge on any atom is 0.235 e. The van der Waals surface area contributed by atoms with E-state index in [1.54, 1.807) is 32.3 Å². The monoisotopic (exact) mass is 408 g/mol. The number of nitrogens with one attached hydrogen (secondary N) is 1. The molecule has 0 unspecified atom stereocenters. The lowest BCUT2D eigenvalue weighted by Crippen LogP contribution is -2.05. The molecule has 4 heterocycles. The molecule has 0 bridgehead atoms. The molecule has 5 rings (SSSR count). The topological polar surface area (TPSA) is 85.8 Å². The zero-order valence-electron chi connectivity index (χ0n) is 15.2. The molecule has 140 valence electrons. The van der Waals surface area contributed by atoms with Gasteiger partial charge in [-0.1, -0.05) is 11.3 Å². The number of nitrogens with zero attached hydrogens (tertiary/aromatic N) is 7. The number of hydrogen-bond donors (Lipinski definition) is 1. The molecule has 0 amide bonds. The molecule has 0 aliphatic rings. The zero-order valence-corrected chi connectivity index (χ0v) is 16.8. The Hall–Kier alpha value is -2.82. The van der Waals surface area contributed by atoms with Crippen molar-refractivity contribution in [3.63, 3.8) is 0 Å². The molecule has 0 aliphatic carbocycles. The Labute approximate surface area is 168 Å². The number of hydrogen-bond acceptors (Lipinski definition) is 8. The smallest absolute Gasteiger partial charge is 0.235 e. The van der Waals surface area contributed by atoms with Crippen molar-refractivity contribution >= 4 is 39.0 Å². The Kier molecular flexibility index (Phi) is 4.30. The summed E-state index contributed by atoms with van der Waals surface area (Å²) >= 11 is 3.09. The summed E-state index contributed by atoms with van der Waals surface area (Å²) < 4.78 is 3.59. The van der Waals surface area contributed by atoms with E-state index in [0.717, 1.165) is 48.6 Å². The van der Waals surface area contributed by atoms with Crippen molar-refractivity contribution in [3.8, 4) is 11.1 Å². The molecule has 1 aromatic carbocycles. The van der Waals surface area contributed by atoms with Gasteiger partial charge in [0.15, 0.2) is 0 Å². The van der Waals surface area contributed by atoms with Gasteiger partial charge in [-0.3, -0.25) is 9.67 Å². The standard InChI is InChI=1S/C18H16N8S2/c1-19-9-16-24-26-17(22-23-18(26)28-16)27-14-3-4-15-11(6-14)5-12(7-20-15)13-8-21-25(2)10-13/h3-8,10,19H,9H2,1-2H3. The number of aromatic nitrogens is 7. The van der Waals surface area contributed by atoms with Gasteiger partial charge in [0, 0.05) is 47.4 Å². The maximum atomic E-state index is 4.58. The average Bonchev–Trinajstić information content (AvgIpc) is 3.39. The molecule has 28 heavy (non-hydrogen) atoms. The van der Waals surface area contributed by atoms with Crippen molar-refractivity contribution in [1.82, 2.24) is 39.9 Å². The number of rotatable bonds is 5. The molecular weight excluding hydrogens is 392 g/mol. The minimum Gasteiger partial charge on any atom is -0.313 e. The third-order valence-electron chi connectivity index (χ3n) is 4.23. The molecule has 0 saturated heterocycles. The normalized spacial score (nSPS) is 11.6. The second kappa shape index (κ2) is 6.97. The number of fused-ring (bicyclic) bond motifs is 2. The first kappa shape index (κ1) is 17.3. The van der Waals surface area contributed by atoms with Gasteiger partial charge in [-0.15, -0.1) is 10.2 Å². The van der Waals surface area contributed by atoms with Gasteiger partial charge in [-0.05, 0) is 43.1 Å². The van der Waals surface area contributed by atoms with Crippen LogP contribution in [0, 0.1) is 0 Å². The SMILES string of the molecule is CNCc1nn2c(Sc3ccc4ncc(-c5cnn(C)c5)cc4c3)nnc2s1. The molecule has 0 aliphatic heterocycles. The molecule has 0 radical (unpaired) electrons. The Morgan fingerprint density at radius 3 is 2.89 bits per heavy atom. The number of pyridine rings is 1. The highest BCUT2D eigenvalue weighted by molar-refractivity contribution is 7.99. The van der Waals surface area contributed by atoms with Crippen LogP contribution >= 0.6 is 23.1 Å². The van der Waals surface area contributed by atoms with Crippen LogP contribution in [0.25, 0.3) is 27.0 Å². The van der Waals surface area contributed by atoms with Crippen LogP contribution in [0.4, 0.5) is 0 Å². The fourth-order valence-corrected chi connectivity index (χ4v) is 4.66. The van der Waals surface area contributed by atoms with Crippen molar-refractivity contribution in [3.05, 3.63) is 47.9 Å². The van der Waals surface area contributed by atoms with Gasteiger partial charge in [0.05, 0.1) is 11.7 Å². The average molecular weight is 409 g/mol. The van der Waals surface area contributed by atoms with Crippen LogP contribution in [0.15, 0.2) is 52.9 Å². The molecular formula is C18H16N8S2. The van der Waals surface area contributed by atoms with E-state index in [1.165, 1.54) is 0 Å². The van der Waals surface area contributed by atoms with Crippen molar-refractivity contribution in [1.29, 1.82) is 0 Å². The van der Waals surface area contributed by atoms with E-state index in [1.807, 2.05) is 44.8 Å². The maximum absolute atomic E-state index is 4.58. The fourth-order valence-electron chi connectivity index (χ4n) is 2.93. The summed E-state index contributed by atoms with van der Waals surface area (Å²) in [6.45, 7) is 0.719. The minimum absolute atomic E-state index is 0.719. The summed E-state index contributed by atoms with van der Waals surface area (Å²) in [5, 5.41) is 23.3. The molecule has 4 aromatic heterocycles. The fraction of sp³-hybridized carbons (Fsp3) is 0.167. The van der Waals surface area contributed by atoms with Crippen LogP contribution in [0.3, 0.4) is 0 Å². The first-order chi connectivity index (χ1) is 13.7. The molecule has 8 nitrogen and oxygen atoms in total. The van der Waals surface area contributed by atoms with Gasteiger partial charge in [-0.2, -0.15) is 14.7 Å². The first-order valence-electron chi connectivity index (χ1n) is 8.62. The highest BCUT2D eigenvalue weighted by Crippen LogP contribution is 2.31. The molecule has 1 N–H and O–H groups in total. The molecule has 5 aromatic rings. The van der Waals surface area contributed by atoms with Crippen molar-refractivity contribution in [2.75, 3.05) is 7.05 Å². The van der Waals surface area contributed by atoms with Gasteiger partial charge in [0.2, 0.25) is 10.1 Å². The Morgan fingerprint density at radius 2 is 2.07 bits per heavy atom. The lowest BCUT2D eigenvalue weighted by atomic mass is 10.1. The van der Waals surface area contributed by atoms with E-state index >= 15 is 0 Å². The molecule has 0 atom stereocenters. The number of aryl methyl sites for hydroxylation is 1. The van der Waals surface area contributed by atoms with E-state index in [0.29, 0.717) is 0 Å². The van der Waals surface area contributed by atoms with Gasteiger partial charge in [-0.25, -0.2) is 0 Å². The second-order valence-electron chi connectivity index (χ2n) is 6.29. The highest BCUT2D eigenvalue weighted by Gasteiger charge is 2.13. The quantitative estimate of drug-likeness (QED) is 0.478. The second-order valence-corrected chi connectivity index (χ2v) is 8.37. The first-order valence-corrected chi connectivity index (χ1v) is 10.3. The third kappa shape index (κ3) is 3.15. The summed E-state index contributed by atoms with van der Waals surface area (Å²) in [6.07, 6.45) is 5.71. The largest absolute Gasteiger partial charge is 0.313 e. The van der Waals surface area contributed by atoms with E-state index in [-0.39, 0.29) is 0 Å². The summed E-state index contributed by atoms with van der Waals surface area (Å²) in [5.41, 5.74) is 3.05. The van der Waals surface area contributed by atoms with Crippen LogP contribution in [-0.4, -0.2) is 41.6 Å². The molecule has 0 fully saturated rings. The van der Waals surface area contributed by atoms with Gasteiger partial charge in [0.25, 0.3) is 0 Å². The summed E-state index contributed by atoms with van der Waals surface area (Å²) in [6, 6.07) is 8.33. The van der Waals surface area contributed by atoms with E-state index in [9.17, 15) is 0 Å². The Balaban J connectivity index is 1.49. The van der Waals surface area contributed by atoms with Gasteiger partial charge >= 0.3 is 0 Å². The predicted molar refractivity (Wildman–Crippen MR) is 109 cm³/mol. The van der Waals surface area contributed by atoms with E-state index < -0.39 is 0 Å². The number of benzene rings is 1. The van der Waals surface area contributed by atoms with Crippen molar-refractivity contribution in [2.24, 2.45) is 7.05 Å². The summed E-state index contributed by atoms with van der Waals surface area (Å²) in [7, 11) is 3.81. The van der Waals surface area contributed by atoms with Gasteiger partial charge in [0.1, 0.15) is 5.01 Å². The van der Waals surface area contributed by atoms with Crippen LogP contribution in [0.5, 0.6) is 0 Å². The van der Waals surface area contributed by atoms with E-state index in [4.69, 9.17) is 0 Å². The zero-order chi connectivity index (χ0) is 19.1. The van der Waals surface area contributed by atoms with E-state index in [2.05, 4.69) is 42.8 Å². The van der Waals surface area contributed by atoms with Crippen LogP contribution in [-0.2, 0) is 13.6 Å². The molecule has 0 saturated carbocycles. The van der Waals surface area contributed by atoms with Crippen molar-refractivity contribution in [2.45, 2.75) is 16.6 Å². The Bertz CT molecular complexity index is 1290. The summed E-state index contributed by atoms with van der Waals surface area (Å²) in [5.74, 6) is 0. The lowest BCUT2D eigenvalue weighted by molar-refractivity contribution is 0.748. The highest BCUT2D eigenvalue weighted by atomic mass is 32.2. The third-order valence-corrected chi connectivity index (χ3v) is 6.06. The van der Waals surface area contributed by atoms with Crippen molar-refractivity contribution < 1.29 is 0 Å².